The van der Waals surface area contributed by atoms with Gasteiger partial charge in [0.05, 0.1) is 19.3 Å². The second kappa shape index (κ2) is 9.43. The SMILES string of the molecule is CCCC(C)OCCOc1ccc(C#CCN)cc1. The van der Waals surface area contributed by atoms with Crippen molar-refractivity contribution >= 4 is 0 Å². The van der Waals surface area contributed by atoms with Gasteiger partial charge in [0.2, 0.25) is 0 Å². The van der Waals surface area contributed by atoms with E-state index in [1.807, 2.05) is 24.3 Å². The maximum Gasteiger partial charge on any atom is 0.119 e. The molecule has 0 bridgehead atoms. The second-order valence-corrected chi connectivity index (χ2v) is 4.35. The standard InChI is InChI=1S/C16H23NO2/c1-3-5-14(2)18-12-13-19-16-9-7-15(8-10-16)6-4-11-17/h7-10,14H,3,5,11-13,17H2,1-2H3. The average molecular weight is 261 g/mol. The van der Waals surface area contributed by atoms with Gasteiger partial charge in [-0.2, -0.15) is 0 Å². The average Bonchev–Trinajstić information content (AvgIpc) is 2.43. The van der Waals surface area contributed by atoms with Crippen LogP contribution in [-0.4, -0.2) is 25.9 Å². The summed E-state index contributed by atoms with van der Waals surface area (Å²) in [4.78, 5) is 0. The Labute approximate surface area is 116 Å². The molecule has 0 spiro atoms. The van der Waals surface area contributed by atoms with E-state index < -0.39 is 0 Å². The Morgan fingerprint density at radius 1 is 1.21 bits per heavy atom. The molecule has 19 heavy (non-hydrogen) atoms. The topological polar surface area (TPSA) is 44.5 Å². The molecule has 1 rings (SSSR count). The Kier molecular flexibility index (Phi) is 7.72. The quantitative estimate of drug-likeness (QED) is 0.606. The minimum Gasteiger partial charge on any atom is -0.491 e. The van der Waals surface area contributed by atoms with Gasteiger partial charge < -0.3 is 15.2 Å². The number of hydrogen-bond acceptors (Lipinski definition) is 3. The van der Waals surface area contributed by atoms with E-state index in [9.17, 15) is 0 Å². The van der Waals surface area contributed by atoms with Gasteiger partial charge in [0, 0.05) is 5.56 Å². The molecule has 104 valence electrons. The van der Waals surface area contributed by atoms with Crippen molar-refractivity contribution in [1.82, 2.24) is 0 Å². The third kappa shape index (κ3) is 6.85. The fourth-order valence-electron chi connectivity index (χ4n) is 1.69. The van der Waals surface area contributed by atoms with Gasteiger partial charge in [-0.1, -0.05) is 25.2 Å². The van der Waals surface area contributed by atoms with Crippen molar-refractivity contribution in [1.29, 1.82) is 0 Å². The molecule has 3 nitrogen and oxygen atoms in total. The zero-order chi connectivity index (χ0) is 13.9. The van der Waals surface area contributed by atoms with Gasteiger partial charge in [0.25, 0.3) is 0 Å². The first kappa shape index (κ1) is 15.6. The molecule has 0 aliphatic carbocycles. The van der Waals surface area contributed by atoms with Crippen molar-refractivity contribution in [3.63, 3.8) is 0 Å². The minimum atomic E-state index is 0.308. The van der Waals surface area contributed by atoms with Crippen LogP contribution in [-0.2, 0) is 4.74 Å². The summed E-state index contributed by atoms with van der Waals surface area (Å²) in [7, 11) is 0. The number of ether oxygens (including phenoxy) is 2. The van der Waals surface area contributed by atoms with Gasteiger partial charge in [-0.15, -0.1) is 0 Å². The zero-order valence-electron chi connectivity index (χ0n) is 11.8. The molecular formula is C16H23NO2. The molecule has 3 heteroatoms. The molecule has 0 heterocycles. The number of hydrogen-bond donors (Lipinski definition) is 1. The van der Waals surface area contributed by atoms with Crippen LogP contribution in [0.4, 0.5) is 0 Å². The normalized spacial score (nSPS) is 11.5. The van der Waals surface area contributed by atoms with E-state index >= 15 is 0 Å². The maximum absolute atomic E-state index is 5.62. The molecule has 1 atom stereocenters. The van der Waals surface area contributed by atoms with Crippen molar-refractivity contribution in [2.24, 2.45) is 5.73 Å². The van der Waals surface area contributed by atoms with Crippen LogP contribution in [0, 0.1) is 11.8 Å². The lowest BCUT2D eigenvalue weighted by molar-refractivity contribution is 0.0395. The monoisotopic (exact) mass is 261 g/mol. The van der Waals surface area contributed by atoms with Crippen LogP contribution in [0.1, 0.15) is 32.3 Å². The molecule has 0 aliphatic rings. The van der Waals surface area contributed by atoms with Crippen LogP contribution >= 0.6 is 0 Å². The summed E-state index contributed by atoms with van der Waals surface area (Å²) in [5, 5.41) is 0. The van der Waals surface area contributed by atoms with E-state index in [0.717, 1.165) is 24.2 Å². The molecule has 1 unspecified atom stereocenters. The highest BCUT2D eigenvalue weighted by Gasteiger charge is 2.00. The summed E-state index contributed by atoms with van der Waals surface area (Å²) in [5.74, 6) is 6.63. The fraction of sp³-hybridized carbons (Fsp3) is 0.500. The van der Waals surface area contributed by atoms with E-state index in [0.29, 0.717) is 25.9 Å². The lowest BCUT2D eigenvalue weighted by atomic mass is 10.2. The Bertz CT molecular complexity index is 403. The van der Waals surface area contributed by atoms with Gasteiger partial charge in [-0.05, 0) is 37.6 Å². The van der Waals surface area contributed by atoms with E-state index in [1.165, 1.54) is 0 Å². The number of nitrogens with two attached hydrogens (primary N) is 1. The van der Waals surface area contributed by atoms with Crippen LogP contribution in [0.2, 0.25) is 0 Å². The van der Waals surface area contributed by atoms with E-state index in [4.69, 9.17) is 15.2 Å². The van der Waals surface area contributed by atoms with Crippen LogP contribution < -0.4 is 10.5 Å². The molecular weight excluding hydrogens is 238 g/mol. The summed E-state index contributed by atoms with van der Waals surface area (Å²) < 4.78 is 11.2. The molecule has 0 radical (unpaired) electrons. The van der Waals surface area contributed by atoms with Gasteiger partial charge in [-0.25, -0.2) is 0 Å². The van der Waals surface area contributed by atoms with E-state index in [2.05, 4.69) is 25.7 Å². The summed E-state index contributed by atoms with van der Waals surface area (Å²) in [5.41, 5.74) is 6.27. The second-order valence-electron chi connectivity index (χ2n) is 4.35. The molecule has 1 aromatic carbocycles. The first-order valence-electron chi connectivity index (χ1n) is 6.79. The van der Waals surface area contributed by atoms with Gasteiger partial charge in [0.15, 0.2) is 0 Å². The van der Waals surface area contributed by atoms with Crippen LogP contribution in [0.5, 0.6) is 5.75 Å². The summed E-state index contributed by atoms with van der Waals surface area (Å²) in [6.07, 6.45) is 2.55. The van der Waals surface area contributed by atoms with E-state index in [1.54, 1.807) is 0 Å². The summed E-state index contributed by atoms with van der Waals surface area (Å²) >= 11 is 0. The third-order valence-corrected chi connectivity index (χ3v) is 2.64. The summed E-state index contributed by atoms with van der Waals surface area (Å²) in [6.45, 7) is 5.82. The van der Waals surface area contributed by atoms with Crippen molar-refractivity contribution in [2.45, 2.75) is 32.8 Å². The molecule has 1 aromatic rings. The third-order valence-electron chi connectivity index (χ3n) is 2.64. The highest BCUT2D eigenvalue weighted by Crippen LogP contribution is 2.11. The summed E-state index contributed by atoms with van der Waals surface area (Å²) in [6, 6.07) is 7.68. The number of benzene rings is 1. The van der Waals surface area contributed by atoms with Crippen molar-refractivity contribution in [3.05, 3.63) is 29.8 Å². The molecule has 0 amide bonds. The molecule has 0 saturated heterocycles. The van der Waals surface area contributed by atoms with Crippen molar-refractivity contribution in [2.75, 3.05) is 19.8 Å². The Hall–Kier alpha value is -1.50. The Morgan fingerprint density at radius 3 is 2.58 bits per heavy atom. The van der Waals surface area contributed by atoms with Crippen LogP contribution in [0.15, 0.2) is 24.3 Å². The zero-order valence-corrected chi connectivity index (χ0v) is 11.8. The Morgan fingerprint density at radius 2 is 1.95 bits per heavy atom. The first-order valence-corrected chi connectivity index (χ1v) is 6.79. The molecule has 0 saturated carbocycles. The van der Waals surface area contributed by atoms with Gasteiger partial charge in [-0.3, -0.25) is 0 Å². The predicted molar refractivity (Wildman–Crippen MR) is 78.2 cm³/mol. The predicted octanol–water partition coefficient (Wildman–Crippen LogP) is 2.58. The largest absolute Gasteiger partial charge is 0.491 e. The maximum atomic E-state index is 5.62. The van der Waals surface area contributed by atoms with Crippen molar-refractivity contribution < 1.29 is 9.47 Å². The molecule has 0 aliphatic heterocycles. The van der Waals surface area contributed by atoms with Crippen molar-refractivity contribution in [3.8, 4) is 17.6 Å². The highest BCUT2D eigenvalue weighted by molar-refractivity contribution is 5.38. The minimum absolute atomic E-state index is 0.308. The van der Waals surface area contributed by atoms with Crippen LogP contribution in [0.25, 0.3) is 0 Å². The lowest BCUT2D eigenvalue weighted by Crippen LogP contribution is -2.13. The Balaban J connectivity index is 2.26. The number of rotatable bonds is 7. The fourth-order valence-corrected chi connectivity index (χ4v) is 1.69. The highest BCUT2D eigenvalue weighted by atomic mass is 16.5. The lowest BCUT2D eigenvalue weighted by Gasteiger charge is -2.12. The smallest absolute Gasteiger partial charge is 0.119 e. The molecule has 0 aromatic heterocycles. The molecule has 2 N–H and O–H groups in total. The van der Waals surface area contributed by atoms with Gasteiger partial charge >= 0.3 is 0 Å². The first-order chi connectivity index (χ1) is 9.26. The molecule has 0 fully saturated rings. The van der Waals surface area contributed by atoms with E-state index in [-0.39, 0.29) is 0 Å². The van der Waals surface area contributed by atoms with Gasteiger partial charge in [0.1, 0.15) is 12.4 Å². The van der Waals surface area contributed by atoms with Crippen LogP contribution in [0.3, 0.4) is 0 Å².